The van der Waals surface area contributed by atoms with Crippen LogP contribution in [-0.2, 0) is 10.8 Å². The smallest absolute Gasteiger partial charge is 0.269 e. The van der Waals surface area contributed by atoms with E-state index in [0.717, 1.165) is 62.0 Å². The van der Waals surface area contributed by atoms with Crippen molar-refractivity contribution in [3.05, 3.63) is 157 Å². The molecule has 9 aromatic rings. The largest absolute Gasteiger partial charge is 0.506 e. The molecule has 0 saturated heterocycles. The molecule has 1 N–H and O–H groups in total. The molecule has 4 aromatic heterocycles. The van der Waals surface area contributed by atoms with Gasteiger partial charge in [0.05, 0.1) is 39.1 Å². The molecule has 1 aliphatic rings. The summed E-state index contributed by atoms with van der Waals surface area (Å²) in [4.78, 5) is 7.80. The summed E-state index contributed by atoms with van der Waals surface area (Å²) in [6.07, 6.45) is 5.60. The van der Waals surface area contributed by atoms with Crippen LogP contribution in [0.1, 0.15) is 39.0 Å². The van der Waals surface area contributed by atoms with Gasteiger partial charge in [-0.3, -0.25) is 18.4 Å². The van der Waals surface area contributed by atoms with Gasteiger partial charge in [0.15, 0.2) is 11.5 Å². The minimum atomic E-state index is -0.361. The number of anilines is 3. The molecular weight excluding hydrogens is 629 g/mol. The highest BCUT2D eigenvalue weighted by atomic mass is 16.3. The van der Waals surface area contributed by atoms with E-state index in [1.807, 2.05) is 18.3 Å². The lowest BCUT2D eigenvalue weighted by Gasteiger charge is -2.46. The second-order valence-corrected chi connectivity index (χ2v) is 14.6. The first kappa shape index (κ1) is 29.6. The Kier molecular flexibility index (Phi) is 5.99. The summed E-state index contributed by atoms with van der Waals surface area (Å²) >= 11 is 0. The first-order chi connectivity index (χ1) is 24.8. The van der Waals surface area contributed by atoms with Crippen LogP contribution < -0.4 is 9.47 Å². The number of aromatic hydroxyl groups is 1. The van der Waals surface area contributed by atoms with E-state index < -0.39 is 0 Å². The average molecular weight is 665 g/mol. The molecule has 0 fully saturated rings. The van der Waals surface area contributed by atoms with Gasteiger partial charge in [-0.05, 0) is 60.2 Å². The zero-order chi connectivity index (χ0) is 34.6. The number of hydrogen-bond acceptors (Lipinski definition) is 3. The highest BCUT2D eigenvalue weighted by Gasteiger charge is 2.49. The zero-order valence-corrected chi connectivity index (χ0v) is 28.9. The fraction of sp³-hybridized carbons (Fsp3) is 0.136. The molecule has 0 spiro atoms. The number of para-hydroxylation sites is 5. The summed E-state index contributed by atoms with van der Waals surface area (Å²) in [6, 6.07) is 46.1. The quantitative estimate of drug-likeness (QED) is 0.147. The summed E-state index contributed by atoms with van der Waals surface area (Å²) in [7, 11) is 0. The van der Waals surface area contributed by atoms with E-state index in [2.05, 4.69) is 172 Å². The van der Waals surface area contributed by atoms with Crippen molar-refractivity contribution in [2.24, 2.45) is 0 Å². The van der Waals surface area contributed by atoms with Crippen molar-refractivity contribution in [1.82, 2.24) is 18.4 Å². The summed E-state index contributed by atoms with van der Waals surface area (Å²) in [5.74, 6) is 1.05. The van der Waals surface area contributed by atoms with Gasteiger partial charge < -0.3 is 9.51 Å². The molecule has 51 heavy (non-hydrogen) atoms. The van der Waals surface area contributed by atoms with Crippen LogP contribution in [0.5, 0.6) is 5.75 Å². The number of fused-ring (bicyclic) bond motifs is 4. The third-order valence-corrected chi connectivity index (χ3v) is 11.4. The van der Waals surface area contributed by atoms with Gasteiger partial charge in [0, 0.05) is 28.4 Å². The van der Waals surface area contributed by atoms with Gasteiger partial charge >= 0.3 is 0 Å². The van der Waals surface area contributed by atoms with Crippen molar-refractivity contribution in [2.45, 2.75) is 38.5 Å². The van der Waals surface area contributed by atoms with Crippen LogP contribution in [0, 0.1) is 6.33 Å². The fourth-order valence-electron chi connectivity index (χ4n) is 8.21. The topological polar surface area (TPSA) is 54.0 Å². The summed E-state index contributed by atoms with van der Waals surface area (Å²) in [6.45, 7) is 9.33. The third kappa shape index (κ3) is 3.94. The Bertz CT molecular complexity index is 2820. The van der Waals surface area contributed by atoms with Crippen molar-refractivity contribution in [3.8, 4) is 17.1 Å². The minimum Gasteiger partial charge on any atom is -0.506 e. The normalized spacial score (nSPS) is 14.7. The van der Waals surface area contributed by atoms with Crippen LogP contribution in [0.25, 0.3) is 44.6 Å². The maximum Gasteiger partial charge on any atom is 0.269 e. The summed E-state index contributed by atoms with van der Waals surface area (Å²) in [5, 5.41) is 11.3. The molecule has 0 radical (unpaired) electrons. The van der Waals surface area contributed by atoms with Gasteiger partial charge in [0.2, 0.25) is 0 Å². The Hall–Kier alpha value is -6.34. The lowest BCUT2D eigenvalue weighted by Crippen LogP contribution is -2.44. The minimum absolute atomic E-state index is 0.211. The molecular formula is C44H36N6O. The van der Waals surface area contributed by atoms with Crippen LogP contribution in [-0.4, -0.2) is 23.5 Å². The van der Waals surface area contributed by atoms with Crippen molar-refractivity contribution < 1.29 is 9.67 Å². The lowest BCUT2D eigenvalue weighted by molar-refractivity contribution is -0.572. The number of benzene rings is 5. The van der Waals surface area contributed by atoms with Gasteiger partial charge in [-0.25, -0.2) is 4.98 Å². The molecule has 1 aliphatic heterocycles. The Morgan fingerprint density at radius 2 is 1.37 bits per heavy atom. The van der Waals surface area contributed by atoms with E-state index in [4.69, 9.17) is 4.98 Å². The van der Waals surface area contributed by atoms with Crippen LogP contribution in [0.2, 0.25) is 0 Å². The maximum atomic E-state index is 11.3. The Morgan fingerprint density at radius 1 is 0.686 bits per heavy atom. The van der Waals surface area contributed by atoms with Gasteiger partial charge in [0.1, 0.15) is 11.3 Å². The third-order valence-electron chi connectivity index (χ3n) is 11.4. The first-order valence-electron chi connectivity index (χ1n) is 17.4. The average Bonchev–Trinajstić information content (AvgIpc) is 3.86. The summed E-state index contributed by atoms with van der Waals surface area (Å²) < 4.78 is 8.65. The molecule has 5 aromatic carbocycles. The molecule has 0 bridgehead atoms. The second-order valence-electron chi connectivity index (χ2n) is 14.6. The van der Waals surface area contributed by atoms with E-state index in [0.29, 0.717) is 5.52 Å². The van der Waals surface area contributed by atoms with Crippen molar-refractivity contribution in [3.63, 3.8) is 0 Å². The standard InChI is InChI=1S/C44H36N6O/c1-43(2)33-21-14-24-36-38(33)50-40(44(43,3)4)42(45-41(50)39-37(51)25-26-46(36)39)49(30-17-9-6-10-18-30)32-20-13-19-31(27-32)48-28-47(29-15-7-5-8-16-29)34-22-11-12-23-35(34)48/h5-27,51H,1-4H3. The molecule has 0 atom stereocenters. The molecule has 10 rings (SSSR count). The van der Waals surface area contributed by atoms with E-state index in [1.54, 1.807) is 6.07 Å². The van der Waals surface area contributed by atoms with Crippen LogP contribution in [0.4, 0.5) is 17.2 Å². The molecule has 0 saturated carbocycles. The number of imidazole rings is 2. The van der Waals surface area contributed by atoms with Crippen molar-refractivity contribution in [2.75, 3.05) is 4.90 Å². The van der Waals surface area contributed by atoms with Gasteiger partial charge in [0.25, 0.3) is 6.33 Å². The van der Waals surface area contributed by atoms with Gasteiger partial charge in [-0.1, -0.05) is 107 Å². The molecule has 248 valence electrons. The number of nitrogens with zero attached hydrogens (tertiary/aromatic N) is 6. The van der Waals surface area contributed by atoms with E-state index in [9.17, 15) is 5.11 Å². The SMILES string of the molecule is CC1(C)c2cccc3c2n2c(c(N(c4ccccc4)c4cccc(-n5[c-][n+](-c6ccccc6)c6ccccc65)c4)nc2c2c(O)ccn32)C1(C)C. The highest BCUT2D eigenvalue weighted by molar-refractivity contribution is 5.96. The predicted octanol–water partition coefficient (Wildman–Crippen LogP) is 9.51. The monoisotopic (exact) mass is 664 g/mol. The van der Waals surface area contributed by atoms with Crippen LogP contribution in [0.15, 0.2) is 140 Å². The van der Waals surface area contributed by atoms with E-state index >= 15 is 0 Å². The van der Waals surface area contributed by atoms with Gasteiger partial charge in [-0.2, -0.15) is 0 Å². The first-order valence-corrected chi connectivity index (χ1v) is 17.4. The molecule has 0 unspecified atom stereocenters. The molecule has 7 nitrogen and oxygen atoms in total. The Balaban J connectivity index is 1.28. The summed E-state index contributed by atoms with van der Waals surface area (Å²) in [5.41, 5.74) is 11.5. The maximum absolute atomic E-state index is 11.3. The number of aromatic nitrogens is 5. The number of rotatable bonds is 5. The van der Waals surface area contributed by atoms with Gasteiger partial charge in [-0.15, -0.1) is 0 Å². The van der Waals surface area contributed by atoms with Crippen molar-refractivity contribution in [1.29, 1.82) is 0 Å². The zero-order valence-electron chi connectivity index (χ0n) is 28.9. The Morgan fingerprint density at radius 3 is 2.18 bits per heavy atom. The fourth-order valence-corrected chi connectivity index (χ4v) is 8.21. The van der Waals surface area contributed by atoms with Crippen molar-refractivity contribution >= 4 is 50.4 Å². The lowest BCUT2D eigenvalue weighted by atomic mass is 9.60. The van der Waals surface area contributed by atoms with Crippen LogP contribution in [0.3, 0.4) is 0 Å². The Labute approximate surface area is 295 Å². The molecule has 5 heterocycles. The molecule has 0 aliphatic carbocycles. The molecule has 0 amide bonds. The predicted molar refractivity (Wildman–Crippen MR) is 203 cm³/mol. The van der Waals surface area contributed by atoms with Crippen LogP contribution >= 0.6 is 0 Å². The number of hydrogen-bond donors (Lipinski definition) is 1. The van der Waals surface area contributed by atoms with E-state index in [1.165, 1.54) is 5.56 Å². The van der Waals surface area contributed by atoms with E-state index in [-0.39, 0.29) is 16.6 Å². The highest BCUT2D eigenvalue weighted by Crippen LogP contribution is 2.54. The molecule has 7 heteroatoms. The second kappa shape index (κ2) is 10.3.